The zero-order valence-electron chi connectivity index (χ0n) is 19.3. The maximum Gasteiger partial charge on any atom is 0.239 e. The van der Waals surface area contributed by atoms with Crippen LogP contribution in [0.4, 0.5) is 0 Å². The lowest BCUT2D eigenvalue weighted by molar-refractivity contribution is -0.450. The number of likely N-dealkylation sites (N-methyl/N-ethyl adjacent to an activating group) is 1. The summed E-state index contributed by atoms with van der Waals surface area (Å²) in [5, 5.41) is 39.2. The summed E-state index contributed by atoms with van der Waals surface area (Å²) in [6.07, 6.45) is -0.0191. The van der Waals surface area contributed by atoms with E-state index >= 15 is 0 Å². The molecule has 1 aliphatic carbocycles. The predicted molar refractivity (Wildman–Crippen MR) is 117 cm³/mol. The number of carbonyl (C=O) groups excluding carboxylic acids is 1. The Morgan fingerprint density at radius 2 is 2.06 bits per heavy atom. The van der Waals surface area contributed by atoms with Gasteiger partial charge in [0, 0.05) is 24.7 Å². The second-order valence-corrected chi connectivity index (χ2v) is 9.30. The Hall–Kier alpha value is -1.66. The first kappa shape index (κ1) is 24.5. The van der Waals surface area contributed by atoms with Crippen LogP contribution in [0, 0.1) is 5.92 Å². The lowest BCUT2D eigenvalue weighted by Crippen LogP contribution is -2.77. The number of hydrogen-bond acceptors (Lipinski definition) is 9. The van der Waals surface area contributed by atoms with Crippen molar-refractivity contribution in [3.05, 3.63) is 30.1 Å². The number of aliphatic hydroxyl groups is 3. The number of nitrogens with one attached hydrogen (secondary N) is 2. The molecule has 10 atom stereocenters. The van der Waals surface area contributed by atoms with E-state index in [0.717, 1.165) is 5.56 Å². The zero-order chi connectivity index (χ0) is 23.8. The lowest BCUT2D eigenvalue weighted by Gasteiger charge is -2.58. The molecule has 0 aromatic carbocycles. The molecule has 1 aromatic heterocycles. The van der Waals surface area contributed by atoms with Crippen molar-refractivity contribution in [2.75, 3.05) is 7.05 Å². The molecule has 0 spiro atoms. The van der Waals surface area contributed by atoms with Crippen molar-refractivity contribution < 1.29 is 34.3 Å². The number of aromatic nitrogens is 1. The monoisotopic (exact) mass is 465 g/mol. The summed E-state index contributed by atoms with van der Waals surface area (Å²) in [5.41, 5.74) is 0.942. The second kappa shape index (κ2) is 9.91. The summed E-state index contributed by atoms with van der Waals surface area (Å²) in [7, 11) is 1.69. The van der Waals surface area contributed by atoms with Gasteiger partial charge in [0.25, 0.3) is 0 Å². The van der Waals surface area contributed by atoms with E-state index in [0.29, 0.717) is 19.3 Å². The van der Waals surface area contributed by atoms with Gasteiger partial charge in [-0.2, -0.15) is 0 Å². The minimum absolute atomic E-state index is 0.222. The van der Waals surface area contributed by atoms with Gasteiger partial charge in [0.05, 0.1) is 30.4 Å². The van der Waals surface area contributed by atoms with Crippen molar-refractivity contribution in [1.82, 2.24) is 15.6 Å². The van der Waals surface area contributed by atoms with Gasteiger partial charge < -0.3 is 40.2 Å². The van der Waals surface area contributed by atoms with Crippen LogP contribution in [0.3, 0.4) is 0 Å². The van der Waals surface area contributed by atoms with Crippen molar-refractivity contribution in [3.63, 3.8) is 0 Å². The van der Waals surface area contributed by atoms with Crippen molar-refractivity contribution in [2.45, 2.75) is 94.2 Å². The number of pyridine rings is 1. The first-order valence-corrected chi connectivity index (χ1v) is 11.7. The third-order valence-electron chi connectivity index (χ3n) is 7.13. The van der Waals surface area contributed by atoms with Crippen LogP contribution in [-0.4, -0.2) is 87.9 Å². The molecule has 3 unspecified atom stereocenters. The minimum Gasteiger partial charge on any atom is -0.391 e. The van der Waals surface area contributed by atoms with Gasteiger partial charge in [0.15, 0.2) is 0 Å². The van der Waals surface area contributed by atoms with E-state index in [4.69, 9.17) is 14.2 Å². The summed E-state index contributed by atoms with van der Waals surface area (Å²) in [6, 6.07) is 2.36. The van der Waals surface area contributed by atoms with E-state index in [-0.39, 0.29) is 18.4 Å². The number of amides is 1. The van der Waals surface area contributed by atoms with Crippen LogP contribution in [0.15, 0.2) is 24.5 Å². The van der Waals surface area contributed by atoms with Crippen LogP contribution < -0.4 is 10.6 Å². The number of carbonyl (C=O) groups is 1. The molecule has 3 fully saturated rings. The quantitative estimate of drug-likeness (QED) is 0.374. The van der Waals surface area contributed by atoms with E-state index in [1.165, 1.54) is 0 Å². The molecule has 33 heavy (non-hydrogen) atoms. The van der Waals surface area contributed by atoms with Crippen molar-refractivity contribution in [2.24, 2.45) is 5.92 Å². The number of nitrogens with zero attached hydrogens (tertiary/aromatic N) is 1. The fourth-order valence-corrected chi connectivity index (χ4v) is 5.31. The Kier molecular flexibility index (Phi) is 7.35. The lowest BCUT2D eigenvalue weighted by atomic mass is 9.74. The molecule has 5 N–H and O–H groups in total. The van der Waals surface area contributed by atoms with Crippen LogP contribution in [0.2, 0.25) is 0 Å². The molecule has 184 valence electrons. The van der Waals surface area contributed by atoms with Crippen LogP contribution in [0.25, 0.3) is 0 Å². The van der Waals surface area contributed by atoms with Crippen molar-refractivity contribution >= 4 is 5.91 Å². The molecule has 3 heterocycles. The molecule has 2 saturated heterocycles. The Labute approximate surface area is 193 Å². The fourth-order valence-electron chi connectivity index (χ4n) is 5.31. The van der Waals surface area contributed by atoms with Gasteiger partial charge in [-0.15, -0.1) is 0 Å². The summed E-state index contributed by atoms with van der Waals surface area (Å²) < 4.78 is 18.1. The average Bonchev–Trinajstić information content (AvgIpc) is 2.79. The zero-order valence-corrected chi connectivity index (χ0v) is 19.3. The molecule has 10 nitrogen and oxygen atoms in total. The molecule has 2 aliphatic heterocycles. The van der Waals surface area contributed by atoms with E-state index in [2.05, 4.69) is 15.6 Å². The molecule has 3 aliphatic rings. The summed E-state index contributed by atoms with van der Waals surface area (Å²) in [4.78, 5) is 16.8. The molecule has 1 aromatic rings. The number of aliphatic hydroxyl groups excluding tert-OH is 2. The van der Waals surface area contributed by atoms with Gasteiger partial charge >= 0.3 is 0 Å². The van der Waals surface area contributed by atoms with Crippen LogP contribution in [0.5, 0.6) is 0 Å². The number of aryl methyl sites for hydroxylation is 1. The smallest absolute Gasteiger partial charge is 0.239 e. The molecule has 1 amide bonds. The third kappa shape index (κ3) is 4.66. The Bertz CT molecular complexity index is 815. The van der Waals surface area contributed by atoms with Crippen LogP contribution >= 0.6 is 0 Å². The van der Waals surface area contributed by atoms with Crippen molar-refractivity contribution in [1.29, 1.82) is 0 Å². The van der Waals surface area contributed by atoms with Gasteiger partial charge in [-0.3, -0.25) is 9.78 Å². The number of ether oxygens (including phenoxy) is 3. The van der Waals surface area contributed by atoms with Crippen LogP contribution in [0.1, 0.15) is 38.7 Å². The normalized spacial score (nSPS) is 42.8. The molecular weight excluding hydrogens is 430 g/mol. The van der Waals surface area contributed by atoms with Gasteiger partial charge in [-0.1, -0.05) is 13.0 Å². The maximum absolute atomic E-state index is 12.7. The van der Waals surface area contributed by atoms with Crippen LogP contribution in [-0.2, 0) is 25.4 Å². The molecule has 4 rings (SSSR count). The standard InChI is InChI=1S/C23H35N3O7/c1-4-14-18(28)17(24-3)20-21(19(14)29)32-22-23(30,33-20)15(10-12(2)31-22)26-16(27)8-7-13-6-5-9-25-11-13/h5-6,9,11-12,14-15,17-22,24,28-30H,4,7-8,10H2,1-3H3,(H,26,27)/t12-,14-,15-,17+,18+,19+,20?,21?,22?,23+/m1/s1. The highest BCUT2D eigenvalue weighted by molar-refractivity contribution is 5.76. The first-order chi connectivity index (χ1) is 15.8. The topological polar surface area (TPSA) is 142 Å². The average molecular weight is 466 g/mol. The molecular formula is C23H35N3O7. The number of rotatable bonds is 6. The maximum atomic E-state index is 12.7. The third-order valence-corrected chi connectivity index (χ3v) is 7.13. The summed E-state index contributed by atoms with van der Waals surface area (Å²) in [6.45, 7) is 3.72. The fraction of sp³-hybridized carbons (Fsp3) is 0.739. The van der Waals surface area contributed by atoms with E-state index in [1.807, 2.05) is 26.0 Å². The predicted octanol–water partition coefficient (Wildman–Crippen LogP) is -0.544. The van der Waals surface area contributed by atoms with E-state index < -0.39 is 54.5 Å². The minimum atomic E-state index is -1.97. The Morgan fingerprint density at radius 1 is 1.27 bits per heavy atom. The van der Waals surface area contributed by atoms with Gasteiger partial charge in [-0.05, 0) is 44.9 Å². The van der Waals surface area contributed by atoms with Gasteiger partial charge in [0.1, 0.15) is 12.2 Å². The van der Waals surface area contributed by atoms with E-state index in [1.54, 1.807) is 19.4 Å². The largest absolute Gasteiger partial charge is 0.391 e. The Morgan fingerprint density at radius 3 is 2.73 bits per heavy atom. The molecule has 10 heteroatoms. The number of hydrogen-bond donors (Lipinski definition) is 5. The summed E-state index contributed by atoms with van der Waals surface area (Å²) in [5.74, 6) is -2.62. The second-order valence-electron chi connectivity index (χ2n) is 9.30. The van der Waals surface area contributed by atoms with Crippen molar-refractivity contribution in [3.8, 4) is 0 Å². The number of fused-ring (bicyclic) bond motifs is 2. The van der Waals surface area contributed by atoms with Gasteiger partial charge in [-0.25, -0.2) is 0 Å². The highest BCUT2D eigenvalue weighted by Gasteiger charge is 2.63. The Balaban J connectivity index is 1.51. The first-order valence-electron chi connectivity index (χ1n) is 11.7. The highest BCUT2D eigenvalue weighted by Crippen LogP contribution is 2.43. The SMILES string of the molecule is CC[C@@H]1[C@H](O)[C@H](NC)C2O[C@]3(O)C(OC2[C@H]1O)O[C@H](C)C[C@H]3NC(=O)CCc1cccnc1. The highest BCUT2D eigenvalue weighted by atomic mass is 16.8. The molecule has 1 saturated carbocycles. The summed E-state index contributed by atoms with van der Waals surface area (Å²) >= 11 is 0. The molecule has 0 radical (unpaired) electrons. The van der Waals surface area contributed by atoms with E-state index in [9.17, 15) is 20.1 Å². The van der Waals surface area contributed by atoms with Gasteiger partial charge in [0.2, 0.25) is 18.0 Å². The molecule has 0 bridgehead atoms.